The van der Waals surface area contributed by atoms with Crippen LogP contribution >= 0.6 is 12.4 Å². The molecule has 0 atom stereocenters. The Morgan fingerprint density at radius 2 is 1.77 bits per heavy atom. The van der Waals surface area contributed by atoms with Crippen molar-refractivity contribution >= 4 is 35.2 Å². The highest BCUT2D eigenvalue weighted by molar-refractivity contribution is 6.21. The molecule has 2 aliphatic heterocycles. The van der Waals surface area contributed by atoms with Crippen molar-refractivity contribution in [1.29, 1.82) is 0 Å². The van der Waals surface area contributed by atoms with Crippen LogP contribution in [-0.4, -0.2) is 58.1 Å². The van der Waals surface area contributed by atoms with Gasteiger partial charge >= 0.3 is 0 Å². The largest absolute Gasteiger partial charge is 0.508 e. The smallest absolute Gasteiger partial charge is 0.261 e. The molecule has 0 bridgehead atoms. The molecule has 1 fully saturated rings. The van der Waals surface area contributed by atoms with Crippen LogP contribution in [-0.2, 0) is 0 Å². The third-order valence-electron chi connectivity index (χ3n) is 6.03. The van der Waals surface area contributed by atoms with Crippen molar-refractivity contribution < 1.29 is 23.6 Å². The summed E-state index contributed by atoms with van der Waals surface area (Å²) in [5.41, 5.74) is 1.92. The van der Waals surface area contributed by atoms with Crippen LogP contribution in [0.15, 0.2) is 40.9 Å². The summed E-state index contributed by atoms with van der Waals surface area (Å²) in [6.45, 7) is 2.52. The van der Waals surface area contributed by atoms with E-state index in [0.717, 1.165) is 37.0 Å². The van der Waals surface area contributed by atoms with E-state index in [1.165, 1.54) is 35.2 Å². The molecule has 5 rings (SSSR count). The van der Waals surface area contributed by atoms with Crippen molar-refractivity contribution in [2.45, 2.75) is 18.8 Å². The first-order valence-corrected chi connectivity index (χ1v) is 9.97. The van der Waals surface area contributed by atoms with Crippen LogP contribution in [0.1, 0.15) is 45.2 Å². The lowest BCUT2D eigenvalue weighted by atomic mass is 9.91. The molecule has 2 aromatic carbocycles. The molecule has 0 aliphatic carbocycles. The fourth-order valence-corrected chi connectivity index (χ4v) is 4.38. The lowest BCUT2D eigenvalue weighted by Crippen LogP contribution is -2.41. The van der Waals surface area contributed by atoms with E-state index in [4.69, 9.17) is 4.52 Å². The Morgan fingerprint density at radius 3 is 2.55 bits per heavy atom. The first-order chi connectivity index (χ1) is 14.5. The van der Waals surface area contributed by atoms with Gasteiger partial charge in [-0.2, -0.15) is 0 Å². The lowest BCUT2D eigenvalue weighted by molar-refractivity contribution is 0.0629. The number of likely N-dealkylation sites (tertiary alicyclic amines) is 1. The molecule has 2 aliphatic rings. The second kappa shape index (κ2) is 8.28. The van der Waals surface area contributed by atoms with Gasteiger partial charge in [0.25, 0.3) is 11.8 Å². The molecule has 1 saturated heterocycles. The summed E-state index contributed by atoms with van der Waals surface area (Å²) in [6.07, 6.45) is 1.74. The summed E-state index contributed by atoms with van der Waals surface area (Å²) >= 11 is 0. The topological polar surface area (TPSA) is 86.9 Å². The van der Waals surface area contributed by atoms with Crippen molar-refractivity contribution in [2.75, 3.05) is 26.2 Å². The first-order valence-electron chi connectivity index (χ1n) is 9.97. The third-order valence-corrected chi connectivity index (χ3v) is 6.03. The van der Waals surface area contributed by atoms with E-state index in [9.17, 15) is 19.1 Å². The number of aromatic hydroxyl groups is 1. The zero-order valence-corrected chi connectivity index (χ0v) is 17.4. The van der Waals surface area contributed by atoms with Gasteiger partial charge in [0.05, 0.1) is 16.8 Å². The van der Waals surface area contributed by atoms with E-state index in [2.05, 4.69) is 10.1 Å². The second-order valence-corrected chi connectivity index (χ2v) is 7.82. The number of piperidine rings is 1. The van der Waals surface area contributed by atoms with Gasteiger partial charge in [0, 0.05) is 30.5 Å². The van der Waals surface area contributed by atoms with Crippen LogP contribution in [0.4, 0.5) is 4.39 Å². The molecule has 3 aromatic rings. The Balaban J connectivity index is 0.00000231. The number of aromatic nitrogens is 1. The Bertz CT molecular complexity index is 1160. The predicted octanol–water partition coefficient (Wildman–Crippen LogP) is 3.57. The summed E-state index contributed by atoms with van der Waals surface area (Å²) in [5, 5.41) is 14.6. The summed E-state index contributed by atoms with van der Waals surface area (Å²) in [5.74, 6) is -0.811. The molecule has 162 valence electrons. The van der Waals surface area contributed by atoms with Crippen LogP contribution in [0.3, 0.4) is 0 Å². The van der Waals surface area contributed by atoms with Gasteiger partial charge in [0.2, 0.25) is 0 Å². The molecule has 0 spiro atoms. The van der Waals surface area contributed by atoms with E-state index < -0.39 is 0 Å². The minimum atomic E-state index is -0.359. The number of fused-ring (bicyclic) bond motifs is 2. The van der Waals surface area contributed by atoms with E-state index in [-0.39, 0.29) is 47.3 Å². The zero-order chi connectivity index (χ0) is 20.8. The van der Waals surface area contributed by atoms with Crippen LogP contribution in [0.5, 0.6) is 5.75 Å². The summed E-state index contributed by atoms with van der Waals surface area (Å²) in [6, 6.07) is 8.73. The van der Waals surface area contributed by atoms with E-state index in [0.29, 0.717) is 24.2 Å². The summed E-state index contributed by atoms with van der Waals surface area (Å²) in [7, 11) is 0. The highest BCUT2D eigenvalue weighted by atomic mass is 35.5. The summed E-state index contributed by atoms with van der Waals surface area (Å²) < 4.78 is 18.6. The maximum absolute atomic E-state index is 13.4. The number of phenolic OH excluding ortho intramolecular Hbond substituents is 1. The van der Waals surface area contributed by atoms with Crippen molar-refractivity contribution in [1.82, 2.24) is 15.0 Å². The lowest BCUT2D eigenvalue weighted by Gasteiger charge is -2.32. The minimum Gasteiger partial charge on any atom is -0.508 e. The fraction of sp³-hybridized carbons (Fsp3) is 0.318. The van der Waals surface area contributed by atoms with Crippen LogP contribution in [0.2, 0.25) is 0 Å². The van der Waals surface area contributed by atoms with Gasteiger partial charge in [-0.15, -0.1) is 12.4 Å². The number of imide groups is 1. The average molecular weight is 446 g/mol. The zero-order valence-electron chi connectivity index (χ0n) is 16.6. The van der Waals surface area contributed by atoms with Gasteiger partial charge in [0.15, 0.2) is 5.58 Å². The molecule has 2 amide bonds. The Labute approximate surface area is 183 Å². The first kappa shape index (κ1) is 21.3. The molecule has 31 heavy (non-hydrogen) atoms. The van der Waals surface area contributed by atoms with Crippen molar-refractivity contribution in [2.24, 2.45) is 0 Å². The maximum Gasteiger partial charge on any atom is 0.261 e. The Hall–Kier alpha value is -2.97. The van der Waals surface area contributed by atoms with Crippen molar-refractivity contribution in [3.63, 3.8) is 0 Å². The molecule has 0 saturated carbocycles. The number of phenols is 1. The van der Waals surface area contributed by atoms with Gasteiger partial charge in [0.1, 0.15) is 11.6 Å². The van der Waals surface area contributed by atoms with E-state index in [1.807, 2.05) is 0 Å². The molecular weight excluding hydrogens is 425 g/mol. The fourth-order valence-electron chi connectivity index (χ4n) is 4.38. The summed E-state index contributed by atoms with van der Waals surface area (Å²) in [4.78, 5) is 28.5. The van der Waals surface area contributed by atoms with Gasteiger partial charge in [-0.05, 0) is 56.3 Å². The number of hydrogen-bond donors (Lipinski definition) is 1. The average Bonchev–Trinajstić information content (AvgIpc) is 3.26. The SMILES string of the molecule is Cl.O=C1c2ccc(O)cc2C(=O)N1CCN1CCC(c2noc3cc(F)ccc23)CC1. The number of amides is 2. The minimum absolute atomic E-state index is 0. The van der Waals surface area contributed by atoms with Gasteiger partial charge in [-0.1, -0.05) is 5.16 Å². The maximum atomic E-state index is 13.4. The molecule has 1 N–H and O–H groups in total. The number of carbonyl (C=O) groups is 2. The molecule has 7 nitrogen and oxygen atoms in total. The molecule has 0 radical (unpaired) electrons. The predicted molar refractivity (Wildman–Crippen MR) is 113 cm³/mol. The molecule has 9 heteroatoms. The highest BCUT2D eigenvalue weighted by Crippen LogP contribution is 2.33. The van der Waals surface area contributed by atoms with E-state index in [1.54, 1.807) is 6.07 Å². The number of nitrogens with zero attached hydrogens (tertiary/aromatic N) is 3. The van der Waals surface area contributed by atoms with Crippen LogP contribution in [0, 0.1) is 5.82 Å². The van der Waals surface area contributed by atoms with E-state index >= 15 is 0 Å². The van der Waals surface area contributed by atoms with Crippen molar-refractivity contribution in [3.8, 4) is 5.75 Å². The second-order valence-electron chi connectivity index (χ2n) is 7.82. The van der Waals surface area contributed by atoms with Gasteiger partial charge in [-0.25, -0.2) is 4.39 Å². The highest BCUT2D eigenvalue weighted by Gasteiger charge is 2.36. The quantitative estimate of drug-likeness (QED) is 0.618. The third kappa shape index (κ3) is 3.77. The van der Waals surface area contributed by atoms with Crippen molar-refractivity contribution in [3.05, 3.63) is 59.0 Å². The number of rotatable bonds is 4. The number of hydrogen-bond acceptors (Lipinski definition) is 6. The van der Waals surface area contributed by atoms with Crippen LogP contribution < -0.4 is 0 Å². The Kier molecular flexibility index (Phi) is 5.68. The Morgan fingerprint density at radius 1 is 1.03 bits per heavy atom. The van der Waals surface area contributed by atoms with Crippen LogP contribution in [0.25, 0.3) is 11.0 Å². The number of carbonyl (C=O) groups excluding carboxylic acids is 2. The number of benzene rings is 2. The standard InChI is InChI=1S/C22H20FN3O4.ClH/c23-14-1-3-17-19(11-14)30-24-20(17)13-5-7-25(8-6-13)9-10-26-21(28)16-4-2-15(27)12-18(16)22(26)29;/h1-4,11-13,27H,5-10H2;1H. The molecular formula is C22H21ClFN3O4. The monoisotopic (exact) mass is 445 g/mol. The van der Waals surface area contributed by atoms with Gasteiger partial charge in [-0.3, -0.25) is 14.5 Å². The molecule has 1 aromatic heterocycles. The normalized spacial score (nSPS) is 17.3. The molecule has 3 heterocycles. The van der Waals surface area contributed by atoms with Gasteiger partial charge < -0.3 is 14.5 Å². The molecule has 0 unspecified atom stereocenters. The number of halogens is 2.